The second-order valence-corrected chi connectivity index (χ2v) is 6.39. The highest BCUT2D eigenvalue weighted by Crippen LogP contribution is 2.32. The molecule has 0 bridgehead atoms. The van der Waals surface area contributed by atoms with Crippen LogP contribution in [0.5, 0.6) is 0 Å². The smallest absolute Gasteiger partial charge is 0.288 e. The van der Waals surface area contributed by atoms with Gasteiger partial charge in [0, 0.05) is 4.90 Å². The molecule has 0 unspecified atom stereocenters. The number of halogens is 3. The van der Waals surface area contributed by atoms with Gasteiger partial charge in [0.05, 0.1) is 28.8 Å². The maximum absolute atomic E-state index is 13.1. The van der Waals surface area contributed by atoms with Crippen LogP contribution in [0.3, 0.4) is 0 Å². The molecular formula is C18H14F3N3OS. The zero-order chi connectivity index (χ0) is 18.7. The highest BCUT2D eigenvalue weighted by Gasteiger charge is 2.17. The molecule has 0 aliphatic rings. The van der Waals surface area contributed by atoms with Crippen LogP contribution in [0.15, 0.2) is 59.6 Å². The number of anilines is 1. The standard InChI is InChI=1S/C18H14F3N3OS/c1-11-14(10-22-24(11)13-8-6-12(19)7-9-13)17(25)23-15-4-2-3-5-16(15)26-18(20)21/h2-10,18H,1H3,(H,23,25). The molecule has 26 heavy (non-hydrogen) atoms. The van der Waals surface area contributed by atoms with Gasteiger partial charge in [0.1, 0.15) is 5.82 Å². The third-order valence-corrected chi connectivity index (χ3v) is 4.47. The Morgan fingerprint density at radius 1 is 1.15 bits per heavy atom. The Morgan fingerprint density at radius 2 is 1.85 bits per heavy atom. The zero-order valence-electron chi connectivity index (χ0n) is 13.6. The van der Waals surface area contributed by atoms with Crippen LogP contribution < -0.4 is 5.32 Å². The molecule has 0 radical (unpaired) electrons. The predicted molar refractivity (Wildman–Crippen MR) is 94.5 cm³/mol. The van der Waals surface area contributed by atoms with Crippen molar-refractivity contribution in [3.63, 3.8) is 0 Å². The van der Waals surface area contributed by atoms with Gasteiger partial charge in [0.25, 0.3) is 11.7 Å². The number of alkyl halides is 2. The fourth-order valence-corrected chi connectivity index (χ4v) is 3.03. The van der Waals surface area contributed by atoms with Crippen molar-refractivity contribution >= 4 is 23.4 Å². The number of benzene rings is 2. The van der Waals surface area contributed by atoms with Gasteiger partial charge in [-0.1, -0.05) is 23.9 Å². The molecule has 134 valence electrons. The Kier molecular flexibility index (Phi) is 5.32. The van der Waals surface area contributed by atoms with Crippen LogP contribution >= 0.6 is 11.8 Å². The van der Waals surface area contributed by atoms with Crippen LogP contribution in [0, 0.1) is 12.7 Å². The van der Waals surface area contributed by atoms with Crippen molar-refractivity contribution in [2.24, 2.45) is 0 Å². The Morgan fingerprint density at radius 3 is 2.54 bits per heavy atom. The highest BCUT2D eigenvalue weighted by molar-refractivity contribution is 7.99. The summed E-state index contributed by atoms with van der Waals surface area (Å²) in [6.45, 7) is 1.70. The molecule has 0 atom stereocenters. The summed E-state index contributed by atoms with van der Waals surface area (Å²) in [5.41, 5.74) is 1.76. The molecule has 1 N–H and O–H groups in total. The van der Waals surface area contributed by atoms with Crippen LogP contribution in [0.2, 0.25) is 0 Å². The largest absolute Gasteiger partial charge is 0.321 e. The number of carbonyl (C=O) groups excluding carboxylic acids is 1. The lowest BCUT2D eigenvalue weighted by molar-refractivity contribution is 0.102. The maximum Gasteiger partial charge on any atom is 0.288 e. The Labute approximate surface area is 152 Å². The monoisotopic (exact) mass is 377 g/mol. The second-order valence-electron chi connectivity index (χ2n) is 5.36. The van der Waals surface area contributed by atoms with E-state index in [1.54, 1.807) is 37.3 Å². The number of hydrogen-bond donors (Lipinski definition) is 1. The highest BCUT2D eigenvalue weighted by atomic mass is 32.2. The SMILES string of the molecule is Cc1c(C(=O)Nc2ccccc2SC(F)F)cnn1-c1ccc(F)cc1. The molecule has 1 amide bonds. The predicted octanol–water partition coefficient (Wildman–Crippen LogP) is 4.89. The van der Waals surface area contributed by atoms with Crippen LogP contribution in [0.1, 0.15) is 16.1 Å². The zero-order valence-corrected chi connectivity index (χ0v) is 14.4. The summed E-state index contributed by atoms with van der Waals surface area (Å²) in [5, 5.41) is 6.80. The summed E-state index contributed by atoms with van der Waals surface area (Å²) in [7, 11) is 0. The van der Waals surface area contributed by atoms with E-state index < -0.39 is 11.7 Å². The fraction of sp³-hybridized carbons (Fsp3) is 0.111. The minimum absolute atomic E-state index is 0.277. The minimum atomic E-state index is -2.59. The van der Waals surface area contributed by atoms with Crippen molar-refractivity contribution in [3.05, 3.63) is 71.8 Å². The number of nitrogens with zero attached hydrogens (tertiary/aromatic N) is 2. The van der Waals surface area contributed by atoms with E-state index in [0.717, 1.165) is 0 Å². The quantitative estimate of drug-likeness (QED) is 0.644. The summed E-state index contributed by atoms with van der Waals surface area (Å²) < 4.78 is 39.9. The van der Waals surface area contributed by atoms with Crippen molar-refractivity contribution in [2.45, 2.75) is 17.6 Å². The summed E-state index contributed by atoms with van der Waals surface area (Å²) in [6.07, 6.45) is 1.39. The van der Waals surface area contributed by atoms with Crippen molar-refractivity contribution in [2.75, 3.05) is 5.32 Å². The average Bonchev–Trinajstić information content (AvgIpc) is 2.98. The van der Waals surface area contributed by atoms with Gasteiger partial charge in [-0.05, 0) is 43.3 Å². The van der Waals surface area contributed by atoms with Crippen molar-refractivity contribution in [1.29, 1.82) is 0 Å². The fourth-order valence-electron chi connectivity index (χ4n) is 2.43. The lowest BCUT2D eigenvalue weighted by Crippen LogP contribution is -2.13. The first-order chi connectivity index (χ1) is 12.5. The molecule has 0 saturated carbocycles. The molecule has 0 aliphatic heterocycles. The number of para-hydroxylation sites is 1. The number of carbonyl (C=O) groups is 1. The van der Waals surface area contributed by atoms with E-state index in [0.29, 0.717) is 34.4 Å². The first kappa shape index (κ1) is 18.1. The lowest BCUT2D eigenvalue weighted by Gasteiger charge is -2.10. The van der Waals surface area contributed by atoms with E-state index in [-0.39, 0.29) is 10.7 Å². The van der Waals surface area contributed by atoms with Gasteiger partial charge in [0.15, 0.2) is 0 Å². The summed E-state index contributed by atoms with van der Waals surface area (Å²) in [4.78, 5) is 12.8. The molecule has 1 heterocycles. The topological polar surface area (TPSA) is 46.9 Å². The first-order valence-corrected chi connectivity index (χ1v) is 8.49. The van der Waals surface area contributed by atoms with Gasteiger partial charge in [-0.3, -0.25) is 4.79 Å². The molecule has 2 aromatic carbocycles. The third kappa shape index (κ3) is 3.91. The van der Waals surface area contributed by atoms with E-state index in [2.05, 4.69) is 10.4 Å². The van der Waals surface area contributed by atoms with Crippen molar-refractivity contribution < 1.29 is 18.0 Å². The maximum atomic E-state index is 13.1. The van der Waals surface area contributed by atoms with Crippen LogP contribution in [-0.4, -0.2) is 21.4 Å². The second kappa shape index (κ2) is 7.65. The van der Waals surface area contributed by atoms with Gasteiger partial charge in [0.2, 0.25) is 0 Å². The van der Waals surface area contributed by atoms with Crippen LogP contribution in [0.4, 0.5) is 18.9 Å². The van der Waals surface area contributed by atoms with Gasteiger partial charge >= 0.3 is 0 Å². The lowest BCUT2D eigenvalue weighted by atomic mass is 10.2. The third-order valence-electron chi connectivity index (χ3n) is 3.68. The van der Waals surface area contributed by atoms with Gasteiger partial charge in [-0.25, -0.2) is 9.07 Å². The molecule has 4 nitrogen and oxygen atoms in total. The van der Waals surface area contributed by atoms with E-state index in [1.807, 2.05) is 0 Å². The Hall–Kier alpha value is -2.74. The molecule has 3 aromatic rings. The van der Waals surface area contributed by atoms with E-state index in [9.17, 15) is 18.0 Å². The normalized spacial score (nSPS) is 11.0. The summed E-state index contributed by atoms with van der Waals surface area (Å²) in [5.74, 6) is -3.42. The number of thioether (sulfide) groups is 1. The van der Waals surface area contributed by atoms with E-state index in [1.165, 1.54) is 29.1 Å². The van der Waals surface area contributed by atoms with Crippen molar-refractivity contribution in [1.82, 2.24) is 9.78 Å². The molecule has 0 spiro atoms. The Balaban J connectivity index is 1.85. The van der Waals surface area contributed by atoms with Gasteiger partial charge < -0.3 is 5.32 Å². The Bertz CT molecular complexity index is 926. The number of amides is 1. The number of nitrogens with one attached hydrogen (secondary N) is 1. The molecule has 3 rings (SSSR count). The molecule has 0 fully saturated rings. The minimum Gasteiger partial charge on any atom is -0.321 e. The molecule has 8 heteroatoms. The molecule has 1 aromatic heterocycles. The summed E-state index contributed by atoms with van der Waals surface area (Å²) >= 11 is 0.365. The van der Waals surface area contributed by atoms with Crippen LogP contribution in [-0.2, 0) is 0 Å². The number of rotatable bonds is 5. The summed E-state index contributed by atoms with van der Waals surface area (Å²) in [6, 6.07) is 12.0. The van der Waals surface area contributed by atoms with Crippen molar-refractivity contribution in [3.8, 4) is 5.69 Å². The molecule has 0 saturated heterocycles. The first-order valence-electron chi connectivity index (χ1n) is 7.61. The molecule has 0 aliphatic carbocycles. The van der Waals surface area contributed by atoms with E-state index in [4.69, 9.17) is 0 Å². The molecular weight excluding hydrogens is 363 g/mol. The average molecular weight is 377 g/mol. The van der Waals surface area contributed by atoms with E-state index >= 15 is 0 Å². The van der Waals surface area contributed by atoms with Gasteiger partial charge in [-0.2, -0.15) is 13.9 Å². The number of aromatic nitrogens is 2. The van der Waals surface area contributed by atoms with Gasteiger partial charge in [-0.15, -0.1) is 0 Å². The van der Waals surface area contributed by atoms with Crippen LogP contribution in [0.25, 0.3) is 5.69 Å². The number of hydrogen-bond acceptors (Lipinski definition) is 3.